The molecule has 29 nitrogen and oxygen atoms in total. The van der Waals surface area contributed by atoms with Crippen LogP contribution in [0.4, 0.5) is 11.6 Å². The second-order valence-electron chi connectivity index (χ2n) is 22.0. The van der Waals surface area contributed by atoms with Crippen molar-refractivity contribution in [2.24, 2.45) is 23.7 Å². The molecule has 9 N–H and O–H groups in total. The normalized spacial score (nSPS) is 34.7. The van der Waals surface area contributed by atoms with Crippen LogP contribution in [0.1, 0.15) is 115 Å². The number of nitrogen functional groups attached to an aromatic ring is 2. The highest BCUT2D eigenvalue weighted by atomic mass is 16.8. The van der Waals surface area contributed by atoms with Crippen molar-refractivity contribution in [3.8, 4) is 0 Å². The van der Waals surface area contributed by atoms with E-state index in [4.69, 9.17) is 68.7 Å². The maximum absolute atomic E-state index is 11.6. The molecule has 8 unspecified atom stereocenters. The Hall–Kier alpha value is -5.41. The molecule has 0 aromatic carbocycles. The smallest absolute Gasteiger partial charge is 0.305 e. The van der Waals surface area contributed by atoms with Crippen molar-refractivity contribution in [2.45, 2.75) is 213 Å². The van der Waals surface area contributed by atoms with Gasteiger partial charge in [-0.25, -0.2) is 29.9 Å². The summed E-state index contributed by atoms with van der Waals surface area (Å²) in [6.07, 6.45) is -3.39. The topological polar surface area (TPSA) is 393 Å². The third kappa shape index (κ3) is 14.0. The Balaban J connectivity index is 0.000000157. The number of rotatable bonds is 12. The van der Waals surface area contributed by atoms with Crippen LogP contribution in [-0.4, -0.2) is 193 Å². The van der Waals surface area contributed by atoms with E-state index in [2.05, 4.69) is 57.6 Å². The third-order valence-corrected chi connectivity index (χ3v) is 15.1. The standard InChI is InChI=1S/C16H23N5O3.C13H22O5.C12H20O6.C11H15N5O5/c1-5-8(2)12-9(3)13(23-10(4)22)16(24-12)21-7-20-11-14(17)18-6-19-15(11)21;1-6-7(2)11-8(3)12(16-9(4)14)13(18-11)17-10(5)15;1-11(2)14-5-6(16-11)8-7(13)9-10(15-8)18-12(3,4)17-9;12-9-5-10(14-2-13-9)16(3-15-5)11-7(20)6(19)8(21-11)4(18)1-17/h6-9,12-13,16H,5H2,1-4H3,(H2,17,18,19);7-8,11-13H,6H2,1-5H3;6-10,13H,5H2,1-4H3;2-4,6-8,11,17-20H,1H2,(H2,12,13,14)/t8?,9-,12+,13+,16?;7?,8-,11+,12+,13?;6?,7-,8+,9+,10?;4?,6-,7-,8-,11?/m0001/s1. The van der Waals surface area contributed by atoms with Gasteiger partial charge in [0.25, 0.3) is 0 Å². The first-order valence-electron chi connectivity index (χ1n) is 27.1. The van der Waals surface area contributed by atoms with E-state index in [-0.39, 0.29) is 41.9 Å². The number of aliphatic hydroxyl groups is 5. The van der Waals surface area contributed by atoms with E-state index in [0.29, 0.717) is 46.6 Å². The van der Waals surface area contributed by atoms with Crippen molar-refractivity contribution in [3.05, 3.63) is 25.3 Å². The molecule has 4 aromatic rings. The number of hydrogen-bond acceptors (Lipinski definition) is 27. The first-order valence-corrected chi connectivity index (χ1v) is 27.1. The summed E-state index contributed by atoms with van der Waals surface area (Å²) < 4.78 is 64.6. The van der Waals surface area contributed by atoms with Crippen LogP contribution in [0.2, 0.25) is 0 Å². The zero-order chi connectivity index (χ0) is 59.6. The molecule has 0 radical (unpaired) electrons. The largest absolute Gasteiger partial charge is 0.457 e. The van der Waals surface area contributed by atoms with Crippen LogP contribution < -0.4 is 11.5 Å². The van der Waals surface area contributed by atoms with Crippen LogP contribution in [0.25, 0.3) is 22.3 Å². The number of aliphatic hydroxyl groups excluding tert-OH is 5. The third-order valence-electron chi connectivity index (χ3n) is 15.1. The minimum atomic E-state index is -1.35. The molecule has 0 spiro atoms. The van der Waals surface area contributed by atoms with Crippen molar-refractivity contribution >= 4 is 51.9 Å². The second kappa shape index (κ2) is 26.0. The molecular weight excluding hydrogens is 1070 g/mol. The maximum atomic E-state index is 11.6. The summed E-state index contributed by atoms with van der Waals surface area (Å²) in [5, 5.41) is 48.8. The van der Waals surface area contributed by atoms with E-state index in [1.807, 2.05) is 27.7 Å². The molecule has 6 fully saturated rings. The number of esters is 3. The molecule has 0 aliphatic carbocycles. The lowest BCUT2D eigenvalue weighted by Crippen LogP contribution is -2.42. The van der Waals surface area contributed by atoms with Crippen molar-refractivity contribution in [3.63, 3.8) is 0 Å². The number of imidazole rings is 2. The molecule has 6 aliphatic heterocycles. The van der Waals surface area contributed by atoms with Gasteiger partial charge in [-0.2, -0.15) is 0 Å². The highest BCUT2D eigenvalue weighted by Crippen LogP contribution is 2.43. The Labute approximate surface area is 468 Å². The lowest BCUT2D eigenvalue weighted by molar-refractivity contribution is -0.232. The van der Waals surface area contributed by atoms with Gasteiger partial charge in [-0.05, 0) is 39.5 Å². The molecule has 4 aromatic heterocycles. The number of carbonyl (C=O) groups is 3. The average molecular weight is 1150 g/mol. The van der Waals surface area contributed by atoms with E-state index in [1.54, 1.807) is 24.7 Å². The highest BCUT2D eigenvalue weighted by molar-refractivity contribution is 5.82. The van der Waals surface area contributed by atoms with Gasteiger partial charge >= 0.3 is 17.9 Å². The van der Waals surface area contributed by atoms with Gasteiger partial charge in [0.15, 0.2) is 65.5 Å². The minimum absolute atomic E-state index is 0.00759. The van der Waals surface area contributed by atoms with Gasteiger partial charge in [0, 0.05) is 32.6 Å². The van der Waals surface area contributed by atoms with E-state index < -0.39 is 110 Å². The fourth-order valence-electron chi connectivity index (χ4n) is 10.7. The molecule has 10 rings (SSSR count). The summed E-state index contributed by atoms with van der Waals surface area (Å²) in [6, 6.07) is 0. The summed E-state index contributed by atoms with van der Waals surface area (Å²) >= 11 is 0. The second-order valence-corrected chi connectivity index (χ2v) is 22.0. The Bertz CT molecular complexity index is 2770. The molecule has 81 heavy (non-hydrogen) atoms. The number of hydrogen-bond donors (Lipinski definition) is 7. The monoisotopic (exact) mass is 1150 g/mol. The molecule has 10 heterocycles. The number of anilines is 2. The Morgan fingerprint density at radius 1 is 0.654 bits per heavy atom. The van der Waals surface area contributed by atoms with Crippen molar-refractivity contribution in [2.75, 3.05) is 24.7 Å². The zero-order valence-electron chi connectivity index (χ0n) is 47.9. The lowest BCUT2D eigenvalue weighted by atomic mass is 9.90. The van der Waals surface area contributed by atoms with Gasteiger partial charge in [-0.3, -0.25) is 23.5 Å². The summed E-state index contributed by atoms with van der Waals surface area (Å²) in [6.45, 7) is 23.5. The summed E-state index contributed by atoms with van der Waals surface area (Å²) in [4.78, 5) is 58.1. The van der Waals surface area contributed by atoms with Crippen molar-refractivity contribution in [1.29, 1.82) is 0 Å². The molecule has 0 amide bonds. The van der Waals surface area contributed by atoms with Gasteiger partial charge < -0.3 is 89.1 Å². The van der Waals surface area contributed by atoms with Gasteiger partial charge in [-0.1, -0.05) is 54.4 Å². The van der Waals surface area contributed by atoms with E-state index >= 15 is 0 Å². The van der Waals surface area contributed by atoms with Gasteiger partial charge in [0.05, 0.1) is 38.1 Å². The maximum Gasteiger partial charge on any atom is 0.305 e. The van der Waals surface area contributed by atoms with Gasteiger partial charge in [0.1, 0.15) is 72.5 Å². The van der Waals surface area contributed by atoms with E-state index in [1.165, 1.54) is 44.3 Å². The fraction of sp³-hybridized carbons (Fsp3) is 0.750. The average Bonchev–Trinajstić information content (AvgIpc) is 4.40. The van der Waals surface area contributed by atoms with Gasteiger partial charge in [0.2, 0.25) is 6.29 Å². The number of carbonyl (C=O) groups excluding carboxylic acids is 3. The predicted octanol–water partition coefficient (Wildman–Crippen LogP) is 1.56. The molecular formula is C52H80N10O19. The number of ether oxygens (including phenoxy) is 11. The van der Waals surface area contributed by atoms with Crippen LogP contribution in [0, 0.1) is 23.7 Å². The summed E-state index contributed by atoms with van der Waals surface area (Å²) in [7, 11) is 0. The molecule has 6 aliphatic rings. The van der Waals surface area contributed by atoms with Crippen LogP contribution in [-0.2, 0) is 66.5 Å². The molecule has 0 saturated carbocycles. The minimum Gasteiger partial charge on any atom is -0.457 e. The quantitative estimate of drug-likeness (QED) is 0.0782. The van der Waals surface area contributed by atoms with E-state index in [0.717, 1.165) is 12.8 Å². The highest BCUT2D eigenvalue weighted by Gasteiger charge is 2.58. The van der Waals surface area contributed by atoms with Crippen molar-refractivity contribution < 1.29 is 92.0 Å². The number of fused-ring (bicyclic) bond motifs is 3. The predicted molar refractivity (Wildman–Crippen MR) is 281 cm³/mol. The zero-order valence-corrected chi connectivity index (χ0v) is 47.9. The SMILES string of the molecule is CC1(C)OCC([C@H]2OC3OC(C)(C)O[C@@H]3[C@H]2O)O1.CCC(C)[C@H]1OC(OC(C)=O)[C@H](OC(C)=O)[C@H]1C.CCC(C)[C@H]1OC(n2cnc3c(N)ncnc32)[C@H](OC(C)=O)[C@H]1C.Nc1ncnc2c1ncn2C1O[C@H](C(O)CO)[C@H](O)[C@H]1O. The fourth-order valence-corrected chi connectivity index (χ4v) is 10.7. The van der Waals surface area contributed by atoms with E-state index in [9.17, 15) is 34.8 Å². The number of nitrogens with two attached hydrogens (primary N) is 2. The summed E-state index contributed by atoms with van der Waals surface area (Å²) in [5.74, 6) is -1.28. The van der Waals surface area contributed by atoms with Crippen LogP contribution >= 0.6 is 0 Å². The Kier molecular flexibility index (Phi) is 20.3. The lowest BCUT2D eigenvalue weighted by Gasteiger charge is -2.26. The molecule has 452 valence electrons. The van der Waals surface area contributed by atoms with Gasteiger partial charge in [-0.15, -0.1) is 0 Å². The number of aromatic nitrogens is 8. The van der Waals surface area contributed by atoms with Crippen molar-refractivity contribution in [1.82, 2.24) is 39.0 Å². The Morgan fingerprint density at radius 3 is 1.65 bits per heavy atom. The Morgan fingerprint density at radius 2 is 1.16 bits per heavy atom. The molecule has 29 heteroatoms. The molecule has 0 bridgehead atoms. The van der Waals surface area contributed by atoms with Crippen LogP contribution in [0.5, 0.6) is 0 Å². The molecule has 20 atom stereocenters. The van der Waals surface area contributed by atoms with Crippen LogP contribution in [0.15, 0.2) is 25.3 Å². The summed E-state index contributed by atoms with van der Waals surface area (Å²) in [5.41, 5.74) is 13.3. The first-order chi connectivity index (χ1) is 38.1. The number of nitrogens with zero attached hydrogens (tertiary/aromatic N) is 8. The molecule has 6 saturated heterocycles. The van der Waals surface area contributed by atoms with Crippen LogP contribution in [0.3, 0.4) is 0 Å². The first kappa shape index (κ1) is 63.2.